The second-order valence-electron chi connectivity index (χ2n) is 7.39. The average molecular weight is 404 g/mol. The molecule has 0 radical (unpaired) electrons. The number of carboxylic acids is 1. The number of ether oxygens (including phenoxy) is 2. The summed E-state index contributed by atoms with van der Waals surface area (Å²) in [6.45, 7) is 3.20. The zero-order valence-electron chi connectivity index (χ0n) is 17.0. The van der Waals surface area contributed by atoms with Crippen LogP contribution in [0.5, 0.6) is 11.6 Å². The molecule has 1 aliphatic heterocycles. The zero-order chi connectivity index (χ0) is 21.1. The van der Waals surface area contributed by atoms with Crippen molar-refractivity contribution in [2.24, 2.45) is 0 Å². The minimum absolute atomic E-state index is 0.0800. The first-order valence-electron chi connectivity index (χ1n) is 9.86. The highest BCUT2D eigenvalue weighted by molar-refractivity contribution is 5.70. The molecule has 4 rings (SSSR count). The molecular weight excluding hydrogens is 380 g/mol. The molecule has 6 nitrogen and oxygen atoms in total. The lowest BCUT2D eigenvalue weighted by Crippen LogP contribution is -2.07. The predicted molar refractivity (Wildman–Crippen MR) is 115 cm³/mol. The summed E-state index contributed by atoms with van der Waals surface area (Å²) in [7, 11) is 1.61. The largest absolute Gasteiger partial charge is 0.493 e. The van der Waals surface area contributed by atoms with Gasteiger partial charge in [-0.25, -0.2) is 4.98 Å². The number of fused-ring (bicyclic) bond motifs is 1. The highest BCUT2D eigenvalue weighted by Crippen LogP contribution is 2.37. The number of hydrogen-bond donors (Lipinski definition) is 2. The van der Waals surface area contributed by atoms with Crippen LogP contribution in [-0.2, 0) is 11.3 Å². The third kappa shape index (κ3) is 4.08. The molecule has 1 atom stereocenters. The van der Waals surface area contributed by atoms with E-state index < -0.39 is 5.97 Å². The molecule has 1 unspecified atom stereocenters. The van der Waals surface area contributed by atoms with Crippen LogP contribution in [0.25, 0.3) is 11.1 Å². The van der Waals surface area contributed by atoms with E-state index in [-0.39, 0.29) is 12.3 Å². The number of hydrogen-bond acceptors (Lipinski definition) is 5. The molecule has 0 fully saturated rings. The molecule has 0 saturated carbocycles. The summed E-state index contributed by atoms with van der Waals surface area (Å²) in [5.74, 6) is 0.476. The Morgan fingerprint density at radius 1 is 1.27 bits per heavy atom. The molecule has 1 aliphatic rings. The number of aromatic nitrogens is 1. The lowest BCUT2D eigenvalue weighted by molar-refractivity contribution is -0.137. The quantitative estimate of drug-likeness (QED) is 0.598. The van der Waals surface area contributed by atoms with Crippen LogP contribution in [0.4, 0.5) is 5.69 Å². The number of benzene rings is 2. The van der Waals surface area contributed by atoms with E-state index in [1.54, 1.807) is 7.11 Å². The molecule has 2 aromatic carbocycles. The molecule has 0 spiro atoms. The van der Waals surface area contributed by atoms with Gasteiger partial charge in [0.15, 0.2) is 0 Å². The molecule has 2 heterocycles. The van der Waals surface area contributed by atoms with Gasteiger partial charge in [0, 0.05) is 47.6 Å². The van der Waals surface area contributed by atoms with E-state index in [9.17, 15) is 4.79 Å². The lowest BCUT2D eigenvalue weighted by Gasteiger charge is -2.14. The van der Waals surface area contributed by atoms with E-state index in [2.05, 4.69) is 29.4 Å². The molecule has 0 amide bonds. The summed E-state index contributed by atoms with van der Waals surface area (Å²) >= 11 is 0. The maximum absolute atomic E-state index is 11.0. The van der Waals surface area contributed by atoms with Crippen LogP contribution >= 0.6 is 0 Å². The van der Waals surface area contributed by atoms with Crippen LogP contribution in [0.1, 0.15) is 29.0 Å². The van der Waals surface area contributed by atoms with E-state index >= 15 is 0 Å². The topological polar surface area (TPSA) is 80.7 Å². The van der Waals surface area contributed by atoms with Crippen molar-refractivity contribution in [1.29, 1.82) is 0 Å². The molecule has 154 valence electrons. The highest BCUT2D eigenvalue weighted by Gasteiger charge is 2.26. The standard InChI is InChI=1S/C24H24N2O4/c1-15-16(4-3-5-20(15)17-6-9-23(29-2)26-13-17)12-25-19-7-8-21-18(10-24(27)28)14-30-22(21)11-19/h3-9,11,13,18,25H,10,12,14H2,1-2H3,(H,27,28). The summed E-state index contributed by atoms with van der Waals surface area (Å²) in [6, 6.07) is 16.0. The van der Waals surface area contributed by atoms with Crippen LogP contribution in [0.15, 0.2) is 54.7 Å². The van der Waals surface area contributed by atoms with Gasteiger partial charge in [0.25, 0.3) is 0 Å². The van der Waals surface area contributed by atoms with Crippen LogP contribution in [-0.4, -0.2) is 29.8 Å². The molecular formula is C24H24N2O4. The van der Waals surface area contributed by atoms with Gasteiger partial charge < -0.3 is 19.9 Å². The molecule has 2 N–H and O–H groups in total. The van der Waals surface area contributed by atoms with Crippen molar-refractivity contribution < 1.29 is 19.4 Å². The number of aliphatic carboxylic acids is 1. The number of nitrogens with zero attached hydrogens (tertiary/aromatic N) is 1. The maximum Gasteiger partial charge on any atom is 0.304 e. The smallest absolute Gasteiger partial charge is 0.304 e. The molecule has 3 aromatic rings. The Hall–Kier alpha value is -3.54. The number of carbonyl (C=O) groups is 1. The fraction of sp³-hybridized carbons (Fsp3) is 0.250. The van der Waals surface area contributed by atoms with Crippen LogP contribution < -0.4 is 14.8 Å². The van der Waals surface area contributed by atoms with Gasteiger partial charge in [-0.05, 0) is 35.7 Å². The Labute approximate surface area is 175 Å². The van der Waals surface area contributed by atoms with E-state index in [0.717, 1.165) is 28.1 Å². The minimum Gasteiger partial charge on any atom is -0.493 e. The van der Waals surface area contributed by atoms with Crippen molar-refractivity contribution in [3.63, 3.8) is 0 Å². The summed E-state index contributed by atoms with van der Waals surface area (Å²) < 4.78 is 10.8. The Morgan fingerprint density at radius 3 is 2.87 bits per heavy atom. The first-order chi connectivity index (χ1) is 14.5. The maximum atomic E-state index is 11.0. The van der Waals surface area contributed by atoms with Gasteiger partial charge in [-0.1, -0.05) is 24.3 Å². The van der Waals surface area contributed by atoms with Crippen molar-refractivity contribution in [2.75, 3.05) is 19.0 Å². The van der Waals surface area contributed by atoms with Gasteiger partial charge in [-0.2, -0.15) is 0 Å². The van der Waals surface area contributed by atoms with Gasteiger partial charge in [0.2, 0.25) is 5.88 Å². The first kappa shape index (κ1) is 19.8. The summed E-state index contributed by atoms with van der Waals surface area (Å²) in [5.41, 5.74) is 6.47. The Bertz CT molecular complexity index is 1060. The SMILES string of the molecule is COc1ccc(-c2cccc(CNc3ccc4c(c3)OCC4CC(=O)O)c2C)cn1. The fourth-order valence-electron chi connectivity index (χ4n) is 3.81. The normalized spacial score (nSPS) is 14.7. The predicted octanol–water partition coefficient (Wildman–Crippen LogP) is 4.63. The number of pyridine rings is 1. The third-order valence-electron chi connectivity index (χ3n) is 5.50. The van der Waals surface area contributed by atoms with E-state index in [0.29, 0.717) is 19.0 Å². The fourth-order valence-corrected chi connectivity index (χ4v) is 3.81. The van der Waals surface area contributed by atoms with Crippen LogP contribution in [0.3, 0.4) is 0 Å². The monoisotopic (exact) mass is 404 g/mol. The van der Waals surface area contributed by atoms with Gasteiger partial charge in [0.05, 0.1) is 20.1 Å². The van der Waals surface area contributed by atoms with E-state index in [4.69, 9.17) is 14.6 Å². The molecule has 30 heavy (non-hydrogen) atoms. The van der Waals surface area contributed by atoms with Crippen molar-refractivity contribution in [3.05, 3.63) is 71.4 Å². The minimum atomic E-state index is -0.805. The number of methoxy groups -OCH3 is 1. The second kappa shape index (κ2) is 8.45. The van der Waals surface area contributed by atoms with Crippen molar-refractivity contribution in [1.82, 2.24) is 4.98 Å². The summed E-state index contributed by atoms with van der Waals surface area (Å²) in [5, 5.41) is 12.5. The van der Waals surface area contributed by atoms with Crippen LogP contribution in [0, 0.1) is 6.92 Å². The highest BCUT2D eigenvalue weighted by atomic mass is 16.5. The van der Waals surface area contributed by atoms with Crippen molar-refractivity contribution >= 4 is 11.7 Å². The Kier molecular flexibility index (Phi) is 5.57. The molecule has 0 saturated heterocycles. The average Bonchev–Trinajstić information content (AvgIpc) is 3.14. The van der Waals surface area contributed by atoms with Crippen molar-refractivity contribution in [3.8, 4) is 22.8 Å². The van der Waals surface area contributed by atoms with Gasteiger partial charge in [0.1, 0.15) is 5.75 Å². The summed E-state index contributed by atoms with van der Waals surface area (Å²) in [6.07, 6.45) is 1.91. The Balaban J connectivity index is 1.49. The van der Waals surface area contributed by atoms with Gasteiger partial charge in [-0.3, -0.25) is 4.79 Å². The van der Waals surface area contributed by atoms with E-state index in [1.165, 1.54) is 11.1 Å². The number of rotatable bonds is 7. The van der Waals surface area contributed by atoms with Crippen LogP contribution in [0.2, 0.25) is 0 Å². The number of nitrogens with one attached hydrogen (secondary N) is 1. The van der Waals surface area contributed by atoms with Crippen molar-refractivity contribution in [2.45, 2.75) is 25.8 Å². The summed E-state index contributed by atoms with van der Waals surface area (Å²) in [4.78, 5) is 15.3. The molecule has 1 aromatic heterocycles. The lowest BCUT2D eigenvalue weighted by atomic mass is 9.97. The number of anilines is 1. The Morgan fingerprint density at radius 2 is 2.13 bits per heavy atom. The van der Waals surface area contributed by atoms with Gasteiger partial charge >= 0.3 is 5.97 Å². The molecule has 0 aliphatic carbocycles. The second-order valence-corrected chi connectivity index (χ2v) is 7.39. The molecule has 0 bridgehead atoms. The number of carboxylic acid groups (broad SMARTS) is 1. The molecule has 6 heteroatoms. The zero-order valence-corrected chi connectivity index (χ0v) is 17.0. The third-order valence-corrected chi connectivity index (χ3v) is 5.50. The van der Waals surface area contributed by atoms with Gasteiger partial charge in [-0.15, -0.1) is 0 Å². The first-order valence-corrected chi connectivity index (χ1v) is 9.86. The van der Waals surface area contributed by atoms with E-state index in [1.807, 2.05) is 42.6 Å².